The zero-order chi connectivity index (χ0) is 14.7. The third-order valence-corrected chi connectivity index (χ3v) is 3.76. The zero-order valence-corrected chi connectivity index (χ0v) is 12.2. The van der Waals surface area contributed by atoms with Crippen molar-refractivity contribution in [1.82, 2.24) is 0 Å². The second kappa shape index (κ2) is 6.17. The quantitative estimate of drug-likeness (QED) is 0.765. The van der Waals surface area contributed by atoms with E-state index in [1.807, 2.05) is 60.7 Å². The van der Waals surface area contributed by atoms with Crippen LogP contribution in [-0.4, -0.2) is 5.11 Å². The van der Waals surface area contributed by atoms with Crippen LogP contribution in [-0.2, 0) is 13.2 Å². The summed E-state index contributed by atoms with van der Waals surface area (Å²) in [6.45, 7) is 0.542. The van der Waals surface area contributed by atoms with Crippen LogP contribution in [0, 0.1) is 0 Å². The molecule has 21 heavy (non-hydrogen) atoms. The lowest BCUT2D eigenvalue weighted by Crippen LogP contribution is -1.96. The Hall–Kier alpha value is -2.03. The molecule has 3 aromatic carbocycles. The molecule has 0 aliphatic rings. The number of aliphatic hydroxyl groups is 1. The Morgan fingerprint density at radius 2 is 1.48 bits per heavy atom. The number of hydrogen-bond donors (Lipinski definition) is 1. The number of benzene rings is 3. The predicted molar refractivity (Wildman–Crippen MR) is 85.7 cm³/mol. The molecule has 3 heteroatoms. The summed E-state index contributed by atoms with van der Waals surface area (Å²) in [5, 5.41) is 11.8. The minimum atomic E-state index is 0.0585. The molecule has 0 aliphatic carbocycles. The summed E-state index contributed by atoms with van der Waals surface area (Å²) in [5.74, 6) is 0.821. The highest BCUT2D eigenvalue weighted by Gasteiger charge is 2.05. The van der Waals surface area contributed by atoms with Crippen LogP contribution in [0.25, 0.3) is 10.8 Å². The van der Waals surface area contributed by atoms with E-state index < -0.39 is 0 Å². The van der Waals surface area contributed by atoms with Crippen molar-refractivity contribution in [3.8, 4) is 5.75 Å². The molecule has 0 unspecified atom stereocenters. The first-order chi connectivity index (χ1) is 10.3. The first-order valence-corrected chi connectivity index (χ1v) is 7.14. The molecule has 0 heterocycles. The van der Waals surface area contributed by atoms with Gasteiger partial charge in [0.2, 0.25) is 0 Å². The van der Waals surface area contributed by atoms with Crippen molar-refractivity contribution in [2.75, 3.05) is 0 Å². The Labute approximate surface area is 128 Å². The van der Waals surface area contributed by atoms with Gasteiger partial charge in [0.05, 0.1) is 6.61 Å². The molecule has 0 radical (unpaired) electrons. The molecule has 0 saturated carbocycles. The molecule has 0 atom stereocenters. The molecule has 0 fully saturated rings. The Morgan fingerprint density at radius 1 is 0.810 bits per heavy atom. The smallest absolute Gasteiger partial charge is 0.127 e. The number of hydrogen-bond acceptors (Lipinski definition) is 2. The van der Waals surface area contributed by atoms with Gasteiger partial charge in [-0.1, -0.05) is 60.1 Å². The van der Waals surface area contributed by atoms with Crippen molar-refractivity contribution in [1.29, 1.82) is 0 Å². The summed E-state index contributed by atoms with van der Waals surface area (Å²) >= 11 is 6.20. The zero-order valence-electron chi connectivity index (χ0n) is 11.4. The largest absolute Gasteiger partial charge is 0.488 e. The van der Waals surface area contributed by atoms with Gasteiger partial charge in [0.1, 0.15) is 12.4 Å². The van der Waals surface area contributed by atoms with E-state index in [9.17, 15) is 0 Å². The Morgan fingerprint density at radius 3 is 2.19 bits per heavy atom. The fourth-order valence-electron chi connectivity index (χ4n) is 2.26. The van der Waals surface area contributed by atoms with Gasteiger partial charge < -0.3 is 9.84 Å². The number of rotatable bonds is 4. The van der Waals surface area contributed by atoms with Gasteiger partial charge in [0, 0.05) is 15.8 Å². The molecule has 3 aromatic rings. The van der Waals surface area contributed by atoms with Gasteiger partial charge >= 0.3 is 0 Å². The van der Waals surface area contributed by atoms with E-state index in [1.54, 1.807) is 0 Å². The van der Waals surface area contributed by atoms with E-state index in [2.05, 4.69) is 0 Å². The summed E-state index contributed by atoms with van der Waals surface area (Å²) in [4.78, 5) is 0. The second-order valence-corrected chi connectivity index (χ2v) is 5.26. The molecule has 0 amide bonds. The van der Waals surface area contributed by atoms with E-state index in [1.165, 1.54) is 0 Å². The topological polar surface area (TPSA) is 29.5 Å². The number of fused-ring (bicyclic) bond motifs is 1. The van der Waals surface area contributed by atoms with Crippen LogP contribution in [0.5, 0.6) is 5.75 Å². The van der Waals surface area contributed by atoms with E-state index in [0.29, 0.717) is 6.61 Å². The first-order valence-electron chi connectivity index (χ1n) is 6.76. The van der Waals surface area contributed by atoms with Crippen molar-refractivity contribution in [2.45, 2.75) is 13.2 Å². The van der Waals surface area contributed by atoms with E-state index >= 15 is 0 Å². The average molecular weight is 299 g/mol. The maximum Gasteiger partial charge on any atom is 0.127 e. The van der Waals surface area contributed by atoms with Gasteiger partial charge in [-0.3, -0.25) is 0 Å². The van der Waals surface area contributed by atoms with Crippen LogP contribution in [0.15, 0.2) is 60.7 Å². The summed E-state index contributed by atoms with van der Waals surface area (Å²) in [6, 6.07) is 19.4. The summed E-state index contributed by atoms with van der Waals surface area (Å²) in [7, 11) is 0. The van der Waals surface area contributed by atoms with Crippen molar-refractivity contribution < 1.29 is 9.84 Å². The van der Waals surface area contributed by atoms with Crippen LogP contribution in [0.1, 0.15) is 11.1 Å². The summed E-state index contributed by atoms with van der Waals surface area (Å²) in [5.41, 5.74) is 1.96. The van der Waals surface area contributed by atoms with E-state index in [-0.39, 0.29) is 6.61 Å². The summed E-state index contributed by atoms with van der Waals surface area (Å²) in [6.07, 6.45) is 0. The molecule has 0 spiro atoms. The molecule has 2 nitrogen and oxygen atoms in total. The molecular formula is C18H15ClO2. The fraction of sp³-hybridized carbons (Fsp3) is 0.111. The third-order valence-electron chi connectivity index (χ3n) is 3.43. The first kappa shape index (κ1) is 13.9. The van der Waals surface area contributed by atoms with Crippen molar-refractivity contribution in [3.05, 3.63) is 76.8 Å². The molecule has 1 N–H and O–H groups in total. The maximum atomic E-state index is 9.04. The Balaban J connectivity index is 1.83. The molecule has 106 valence electrons. The highest BCUT2D eigenvalue weighted by atomic mass is 35.5. The van der Waals surface area contributed by atoms with E-state index in [4.69, 9.17) is 21.4 Å². The second-order valence-electron chi connectivity index (χ2n) is 4.85. The van der Waals surface area contributed by atoms with Crippen LogP contribution in [0.2, 0.25) is 5.02 Å². The average Bonchev–Trinajstić information content (AvgIpc) is 2.55. The Bertz CT molecular complexity index is 751. The minimum absolute atomic E-state index is 0.0585. The summed E-state index contributed by atoms with van der Waals surface area (Å²) < 4.78 is 5.91. The van der Waals surface area contributed by atoms with Gasteiger partial charge in [0.15, 0.2) is 0 Å². The van der Waals surface area contributed by atoms with Gasteiger partial charge in [-0.15, -0.1) is 0 Å². The third kappa shape index (κ3) is 3.02. The monoisotopic (exact) mass is 298 g/mol. The lowest BCUT2D eigenvalue weighted by molar-refractivity contribution is 0.281. The van der Waals surface area contributed by atoms with Gasteiger partial charge in [-0.05, 0) is 23.3 Å². The van der Waals surface area contributed by atoms with E-state index in [0.717, 1.165) is 32.7 Å². The van der Waals surface area contributed by atoms with Crippen molar-refractivity contribution >= 4 is 22.4 Å². The number of aliphatic hydroxyl groups excluding tert-OH is 1. The van der Waals surface area contributed by atoms with Gasteiger partial charge in [-0.25, -0.2) is 0 Å². The number of ether oxygens (including phenoxy) is 1. The highest BCUT2D eigenvalue weighted by molar-refractivity contribution is 6.35. The standard InChI is InChI=1S/C18H15ClO2/c19-17-9-10-18(16-4-2-1-3-15(16)17)21-12-14-7-5-13(11-20)6-8-14/h1-10,20H,11-12H2. The van der Waals surface area contributed by atoms with Gasteiger partial charge in [0.25, 0.3) is 0 Å². The van der Waals surface area contributed by atoms with Crippen molar-refractivity contribution in [2.24, 2.45) is 0 Å². The molecule has 0 saturated heterocycles. The lowest BCUT2D eigenvalue weighted by Gasteiger charge is -2.10. The molecule has 0 aromatic heterocycles. The van der Waals surface area contributed by atoms with Crippen LogP contribution < -0.4 is 4.74 Å². The predicted octanol–water partition coefficient (Wildman–Crippen LogP) is 4.56. The lowest BCUT2D eigenvalue weighted by atomic mass is 10.1. The van der Waals surface area contributed by atoms with Crippen LogP contribution in [0.4, 0.5) is 0 Å². The molecular weight excluding hydrogens is 284 g/mol. The maximum absolute atomic E-state index is 9.04. The fourth-order valence-corrected chi connectivity index (χ4v) is 2.49. The highest BCUT2D eigenvalue weighted by Crippen LogP contribution is 2.31. The molecule has 3 rings (SSSR count). The van der Waals surface area contributed by atoms with Crippen LogP contribution in [0.3, 0.4) is 0 Å². The molecule has 0 bridgehead atoms. The molecule has 0 aliphatic heterocycles. The van der Waals surface area contributed by atoms with Gasteiger partial charge in [-0.2, -0.15) is 0 Å². The van der Waals surface area contributed by atoms with Crippen molar-refractivity contribution in [3.63, 3.8) is 0 Å². The normalized spacial score (nSPS) is 10.8. The SMILES string of the molecule is OCc1ccc(COc2ccc(Cl)c3ccccc23)cc1. The number of halogens is 1. The Kier molecular flexibility index (Phi) is 4.09. The van der Waals surface area contributed by atoms with Crippen LogP contribution >= 0.6 is 11.6 Å². The minimum Gasteiger partial charge on any atom is -0.488 e.